The zero-order chi connectivity index (χ0) is 15.4. The molecule has 1 aromatic rings. The Morgan fingerprint density at radius 1 is 1.30 bits per heavy atom. The first-order valence-corrected chi connectivity index (χ1v) is 7.96. The monoisotopic (exact) mass is 297 g/mol. The molecule has 23 heavy (non-hydrogen) atoms. The van der Waals surface area contributed by atoms with E-state index in [1.807, 2.05) is 0 Å². The summed E-state index contributed by atoms with van der Waals surface area (Å²) >= 11 is 0. The van der Waals surface area contributed by atoms with Gasteiger partial charge in [-0.3, -0.25) is 4.99 Å². The lowest BCUT2D eigenvalue weighted by Gasteiger charge is -2.37. The Bertz CT molecular complexity index is 920. The van der Waals surface area contributed by atoms with E-state index < -0.39 is 0 Å². The Hall–Kier alpha value is -2.86. The molecule has 1 saturated heterocycles. The number of fused-ring (bicyclic) bond motifs is 6. The molecular weight excluding hydrogens is 282 g/mol. The number of allylic oxidation sites excluding steroid dienone is 4. The van der Waals surface area contributed by atoms with Gasteiger partial charge in [-0.1, -0.05) is 36.4 Å². The third kappa shape index (κ3) is 1.46. The number of aliphatic imine (C=N–C) groups is 1. The van der Waals surface area contributed by atoms with Crippen LogP contribution in [0.15, 0.2) is 70.5 Å². The molecule has 0 amide bonds. The van der Waals surface area contributed by atoms with E-state index in [1.165, 1.54) is 22.4 Å². The normalized spacial score (nSPS) is 29.4. The first-order chi connectivity index (χ1) is 11.3. The second-order valence-corrected chi connectivity index (χ2v) is 6.44. The summed E-state index contributed by atoms with van der Waals surface area (Å²) in [5.41, 5.74) is 6.35. The highest BCUT2D eigenvalue weighted by atomic mass is 15.0. The van der Waals surface area contributed by atoms with Crippen LogP contribution in [0.5, 0.6) is 0 Å². The molecule has 2 unspecified atom stereocenters. The minimum absolute atomic E-state index is 0.290. The van der Waals surface area contributed by atoms with Crippen molar-refractivity contribution in [1.29, 1.82) is 5.26 Å². The average molecular weight is 297 g/mol. The van der Waals surface area contributed by atoms with E-state index in [1.54, 1.807) is 6.20 Å². The van der Waals surface area contributed by atoms with Gasteiger partial charge >= 0.3 is 0 Å². The van der Waals surface area contributed by atoms with Gasteiger partial charge in [0.05, 0.1) is 22.8 Å². The highest BCUT2D eigenvalue weighted by Crippen LogP contribution is 2.55. The van der Waals surface area contributed by atoms with Gasteiger partial charge in [0.2, 0.25) is 0 Å². The van der Waals surface area contributed by atoms with E-state index in [0.717, 1.165) is 24.3 Å². The molecule has 0 radical (unpaired) electrons. The predicted molar refractivity (Wildman–Crippen MR) is 90.4 cm³/mol. The summed E-state index contributed by atoms with van der Waals surface area (Å²) in [6, 6.07) is 10.8. The van der Waals surface area contributed by atoms with Crippen LogP contribution >= 0.6 is 0 Å². The summed E-state index contributed by atoms with van der Waals surface area (Å²) in [6.45, 7) is 0.767. The fraction of sp³-hybridized carbons (Fsp3) is 0.200. The van der Waals surface area contributed by atoms with Gasteiger partial charge in [-0.05, 0) is 29.7 Å². The molecular formula is C20H15N3. The summed E-state index contributed by atoms with van der Waals surface area (Å²) in [4.78, 5) is 4.64. The van der Waals surface area contributed by atoms with Crippen molar-refractivity contribution < 1.29 is 0 Å². The number of nitriles is 1. The molecule has 110 valence electrons. The maximum absolute atomic E-state index is 9.76. The van der Waals surface area contributed by atoms with Gasteiger partial charge in [-0.25, -0.2) is 0 Å². The van der Waals surface area contributed by atoms with Crippen molar-refractivity contribution in [3.05, 3.63) is 76.7 Å². The SMILES string of the molecule is N#CC1=CN=C2C(=Cc3ccccc32)C12CNC1=CC=CCC12. The highest BCUT2D eigenvalue weighted by molar-refractivity contribution is 6.23. The Morgan fingerprint density at radius 2 is 2.22 bits per heavy atom. The first kappa shape index (κ1) is 12.7. The van der Waals surface area contributed by atoms with E-state index in [0.29, 0.717) is 5.92 Å². The molecule has 3 heteroatoms. The van der Waals surface area contributed by atoms with Crippen LogP contribution in [0.25, 0.3) is 6.08 Å². The topological polar surface area (TPSA) is 48.2 Å². The van der Waals surface area contributed by atoms with Crippen LogP contribution in [0.4, 0.5) is 0 Å². The Kier molecular flexibility index (Phi) is 2.38. The van der Waals surface area contributed by atoms with Crippen LogP contribution in [-0.4, -0.2) is 12.3 Å². The van der Waals surface area contributed by atoms with Crippen molar-refractivity contribution in [3.8, 4) is 6.07 Å². The Balaban J connectivity index is 1.75. The van der Waals surface area contributed by atoms with Gasteiger partial charge in [0.1, 0.15) is 0 Å². The quantitative estimate of drug-likeness (QED) is 0.798. The van der Waals surface area contributed by atoms with E-state index >= 15 is 0 Å². The smallest absolute Gasteiger partial charge is 0.0973 e. The minimum atomic E-state index is -0.290. The second kappa shape index (κ2) is 4.33. The third-order valence-electron chi connectivity index (χ3n) is 5.50. The molecule has 1 aromatic carbocycles. The molecule has 1 N–H and O–H groups in total. The lowest BCUT2D eigenvalue weighted by molar-refractivity contribution is 0.379. The van der Waals surface area contributed by atoms with Crippen LogP contribution < -0.4 is 5.32 Å². The lowest BCUT2D eigenvalue weighted by atomic mass is 9.63. The summed E-state index contributed by atoms with van der Waals surface area (Å²) in [7, 11) is 0. The van der Waals surface area contributed by atoms with Gasteiger partial charge in [0, 0.05) is 29.9 Å². The van der Waals surface area contributed by atoms with Crippen LogP contribution in [0, 0.1) is 22.7 Å². The molecule has 0 bridgehead atoms. The van der Waals surface area contributed by atoms with Crippen LogP contribution in [0.1, 0.15) is 17.5 Å². The predicted octanol–water partition coefficient (Wildman–Crippen LogP) is 3.34. The maximum atomic E-state index is 9.76. The zero-order valence-electron chi connectivity index (χ0n) is 12.6. The van der Waals surface area contributed by atoms with Crippen LogP contribution in [0.3, 0.4) is 0 Å². The van der Waals surface area contributed by atoms with Crippen molar-refractivity contribution in [2.24, 2.45) is 16.3 Å². The van der Waals surface area contributed by atoms with Gasteiger partial charge in [-0.2, -0.15) is 5.26 Å². The van der Waals surface area contributed by atoms with Crippen molar-refractivity contribution in [3.63, 3.8) is 0 Å². The molecule has 2 heterocycles. The molecule has 2 atom stereocenters. The van der Waals surface area contributed by atoms with Crippen molar-refractivity contribution >= 4 is 11.8 Å². The molecule has 2 aliphatic heterocycles. The number of nitrogens with zero attached hydrogens (tertiary/aromatic N) is 2. The highest BCUT2D eigenvalue weighted by Gasteiger charge is 2.54. The second-order valence-electron chi connectivity index (χ2n) is 6.44. The summed E-state index contributed by atoms with van der Waals surface area (Å²) in [5.74, 6) is 0.296. The standard InChI is InChI=1S/C20H15N3/c21-10-14-11-22-19-15-6-2-1-5-13(15)9-17(19)20(14)12-23-18-8-4-3-7-16(18)20/h1-6,8-9,11,16,23H,7,12H2. The van der Waals surface area contributed by atoms with Gasteiger partial charge < -0.3 is 5.32 Å². The van der Waals surface area contributed by atoms with E-state index in [-0.39, 0.29) is 5.41 Å². The van der Waals surface area contributed by atoms with Gasteiger partial charge in [0.25, 0.3) is 0 Å². The van der Waals surface area contributed by atoms with Crippen LogP contribution in [-0.2, 0) is 0 Å². The fourth-order valence-corrected chi connectivity index (χ4v) is 4.41. The number of hydrogen-bond donors (Lipinski definition) is 1. The summed E-state index contributed by atoms with van der Waals surface area (Å²) < 4.78 is 0. The van der Waals surface area contributed by atoms with Crippen LogP contribution in [0.2, 0.25) is 0 Å². The number of hydrogen-bond acceptors (Lipinski definition) is 3. The number of benzene rings is 1. The molecule has 5 rings (SSSR count). The van der Waals surface area contributed by atoms with Crippen molar-refractivity contribution in [1.82, 2.24) is 5.32 Å². The number of rotatable bonds is 0. The third-order valence-corrected chi connectivity index (χ3v) is 5.50. The van der Waals surface area contributed by atoms with E-state index in [4.69, 9.17) is 0 Å². The minimum Gasteiger partial charge on any atom is -0.387 e. The summed E-state index contributed by atoms with van der Waals surface area (Å²) in [5, 5.41) is 13.3. The van der Waals surface area contributed by atoms with Gasteiger partial charge in [0.15, 0.2) is 0 Å². The van der Waals surface area contributed by atoms with E-state index in [2.05, 4.69) is 64.9 Å². The average Bonchev–Trinajstić information content (AvgIpc) is 3.16. The molecule has 0 aromatic heterocycles. The van der Waals surface area contributed by atoms with E-state index in [9.17, 15) is 5.26 Å². The van der Waals surface area contributed by atoms with Gasteiger partial charge in [-0.15, -0.1) is 0 Å². The fourth-order valence-electron chi connectivity index (χ4n) is 4.41. The molecule has 2 aliphatic carbocycles. The summed E-state index contributed by atoms with van der Waals surface area (Å²) in [6.07, 6.45) is 11.4. The maximum Gasteiger partial charge on any atom is 0.0973 e. The van der Waals surface area contributed by atoms with Crippen molar-refractivity contribution in [2.75, 3.05) is 6.54 Å². The number of nitrogens with one attached hydrogen (secondary N) is 1. The molecule has 4 aliphatic rings. The first-order valence-electron chi connectivity index (χ1n) is 7.96. The molecule has 0 saturated carbocycles. The zero-order valence-corrected chi connectivity index (χ0v) is 12.6. The lowest BCUT2D eigenvalue weighted by Crippen LogP contribution is -2.38. The Labute approximate surface area is 135 Å². The molecule has 1 fully saturated rings. The Morgan fingerprint density at radius 3 is 3.13 bits per heavy atom. The molecule has 3 nitrogen and oxygen atoms in total. The largest absolute Gasteiger partial charge is 0.387 e. The van der Waals surface area contributed by atoms with Crippen molar-refractivity contribution in [2.45, 2.75) is 6.42 Å². The molecule has 1 spiro atoms.